The molecule has 136 valence electrons. The van der Waals surface area contributed by atoms with Crippen LogP contribution in [0.15, 0.2) is 20.4 Å². The van der Waals surface area contributed by atoms with Crippen LogP contribution in [0.2, 0.25) is 0 Å². The molecule has 0 aliphatic rings. The van der Waals surface area contributed by atoms with E-state index in [2.05, 4.69) is 20.5 Å². The van der Waals surface area contributed by atoms with Crippen molar-refractivity contribution in [2.24, 2.45) is 5.10 Å². The van der Waals surface area contributed by atoms with Crippen molar-refractivity contribution in [3.05, 3.63) is 49.8 Å². The van der Waals surface area contributed by atoms with Crippen molar-refractivity contribution in [1.29, 1.82) is 0 Å². The minimum atomic E-state index is -0.352. The molecule has 0 aliphatic carbocycles. The number of aryl methyl sites for hydroxylation is 4. The number of aromatic amines is 1. The van der Waals surface area contributed by atoms with Crippen LogP contribution in [0.1, 0.15) is 40.3 Å². The van der Waals surface area contributed by atoms with Gasteiger partial charge in [-0.1, -0.05) is 0 Å². The lowest BCUT2D eigenvalue weighted by Crippen LogP contribution is -2.24. The summed E-state index contributed by atoms with van der Waals surface area (Å²) < 4.78 is 5.46. The highest BCUT2D eigenvalue weighted by atomic mass is 32.1. The summed E-state index contributed by atoms with van der Waals surface area (Å²) in [6.07, 6.45) is -0.0542. The van der Waals surface area contributed by atoms with Crippen LogP contribution in [-0.4, -0.2) is 21.6 Å². The van der Waals surface area contributed by atoms with Crippen molar-refractivity contribution in [3.8, 4) is 0 Å². The second kappa shape index (κ2) is 6.87. The number of thiophene rings is 1. The Kier molecular flexibility index (Phi) is 4.78. The Hall–Kier alpha value is -2.74. The molecule has 0 spiro atoms. The van der Waals surface area contributed by atoms with Crippen molar-refractivity contribution in [2.45, 2.75) is 41.0 Å². The SMILES string of the molecule is C/C(=N/NC(=O)Cc1nc2sc(C)c(C)c2c(=O)[nH]1)c1cc(C)oc1C. The molecule has 3 rings (SSSR count). The number of furan rings is 1. The van der Waals surface area contributed by atoms with Gasteiger partial charge in [0.25, 0.3) is 5.56 Å². The first-order valence-electron chi connectivity index (χ1n) is 8.15. The van der Waals surface area contributed by atoms with E-state index in [1.807, 2.05) is 33.8 Å². The largest absolute Gasteiger partial charge is 0.466 e. The van der Waals surface area contributed by atoms with Crippen LogP contribution in [0.5, 0.6) is 0 Å². The van der Waals surface area contributed by atoms with Gasteiger partial charge < -0.3 is 9.40 Å². The van der Waals surface area contributed by atoms with Gasteiger partial charge in [-0.25, -0.2) is 10.4 Å². The van der Waals surface area contributed by atoms with E-state index in [9.17, 15) is 9.59 Å². The number of carbonyl (C=O) groups excluding carboxylic acids is 1. The molecule has 2 N–H and O–H groups in total. The molecular weight excluding hydrogens is 352 g/mol. The Morgan fingerprint density at radius 3 is 2.73 bits per heavy atom. The Labute approximate surface area is 154 Å². The molecule has 0 unspecified atom stereocenters. The van der Waals surface area contributed by atoms with E-state index in [1.54, 1.807) is 6.92 Å². The smallest absolute Gasteiger partial charge is 0.259 e. The van der Waals surface area contributed by atoms with Gasteiger partial charge in [-0.15, -0.1) is 11.3 Å². The third-order valence-corrected chi connectivity index (χ3v) is 5.30. The fraction of sp³-hybridized carbons (Fsp3) is 0.333. The number of nitrogens with one attached hydrogen (secondary N) is 2. The first-order chi connectivity index (χ1) is 12.3. The lowest BCUT2D eigenvalue weighted by Gasteiger charge is -2.02. The van der Waals surface area contributed by atoms with Crippen molar-refractivity contribution < 1.29 is 9.21 Å². The van der Waals surface area contributed by atoms with Crippen molar-refractivity contribution in [1.82, 2.24) is 15.4 Å². The van der Waals surface area contributed by atoms with Crippen molar-refractivity contribution in [3.63, 3.8) is 0 Å². The van der Waals surface area contributed by atoms with E-state index < -0.39 is 0 Å². The molecule has 0 saturated carbocycles. The topological polar surface area (TPSA) is 100 Å². The summed E-state index contributed by atoms with van der Waals surface area (Å²) in [5, 5.41) is 4.70. The molecule has 0 aliphatic heterocycles. The van der Waals surface area contributed by atoms with E-state index in [0.717, 1.165) is 27.5 Å². The molecule has 8 heteroatoms. The van der Waals surface area contributed by atoms with Crippen molar-refractivity contribution >= 4 is 33.2 Å². The number of H-pyrrole nitrogens is 1. The Balaban J connectivity index is 1.76. The summed E-state index contributed by atoms with van der Waals surface area (Å²) >= 11 is 1.45. The van der Waals surface area contributed by atoms with Crippen molar-refractivity contribution in [2.75, 3.05) is 0 Å². The molecule has 0 radical (unpaired) electrons. The lowest BCUT2D eigenvalue weighted by molar-refractivity contribution is -0.120. The number of hydrogen-bond donors (Lipinski definition) is 2. The van der Waals surface area contributed by atoms with E-state index >= 15 is 0 Å². The van der Waals surface area contributed by atoms with Gasteiger partial charge in [0.2, 0.25) is 5.91 Å². The number of fused-ring (bicyclic) bond motifs is 1. The van der Waals surface area contributed by atoms with Gasteiger partial charge in [0.05, 0.1) is 17.5 Å². The third kappa shape index (κ3) is 3.45. The van der Waals surface area contributed by atoms with E-state index in [-0.39, 0.29) is 17.9 Å². The van der Waals surface area contributed by atoms with Gasteiger partial charge >= 0.3 is 0 Å². The van der Waals surface area contributed by atoms with Crippen LogP contribution < -0.4 is 11.0 Å². The summed E-state index contributed by atoms with van der Waals surface area (Å²) in [4.78, 5) is 33.2. The molecule has 3 heterocycles. The maximum atomic E-state index is 12.2. The van der Waals surface area contributed by atoms with Gasteiger partial charge in [0, 0.05) is 10.4 Å². The zero-order valence-electron chi connectivity index (χ0n) is 15.3. The summed E-state index contributed by atoms with van der Waals surface area (Å²) in [5.41, 5.74) is 4.71. The molecule has 0 saturated heterocycles. The van der Waals surface area contributed by atoms with Crippen LogP contribution >= 0.6 is 11.3 Å². The second-order valence-electron chi connectivity index (χ2n) is 6.21. The minimum Gasteiger partial charge on any atom is -0.466 e. The molecule has 0 fully saturated rings. The minimum absolute atomic E-state index is 0.0542. The monoisotopic (exact) mass is 372 g/mol. The maximum absolute atomic E-state index is 12.2. The van der Waals surface area contributed by atoms with Gasteiger partial charge in [0.1, 0.15) is 22.2 Å². The second-order valence-corrected chi connectivity index (χ2v) is 7.42. The standard InChI is InChI=1S/C18H20N4O3S/c1-8-6-13(11(4)25-8)10(3)21-22-15(23)7-14-19-17(24)16-9(2)12(5)26-18(16)20-14/h6H,7H2,1-5H3,(H,22,23)(H,19,20,24)/b21-10-. The first-order valence-corrected chi connectivity index (χ1v) is 8.97. The molecule has 3 aromatic heterocycles. The van der Waals surface area contributed by atoms with Crippen LogP contribution in [0.3, 0.4) is 0 Å². The summed E-state index contributed by atoms with van der Waals surface area (Å²) in [6.45, 7) is 9.34. The molecule has 0 bridgehead atoms. The fourth-order valence-electron chi connectivity index (χ4n) is 2.77. The Bertz CT molecular complexity index is 1090. The predicted molar refractivity (Wildman–Crippen MR) is 102 cm³/mol. The number of hydrazone groups is 1. The third-order valence-electron chi connectivity index (χ3n) is 4.20. The highest BCUT2D eigenvalue weighted by molar-refractivity contribution is 7.18. The van der Waals surface area contributed by atoms with Gasteiger partial charge in [0.15, 0.2) is 0 Å². The highest BCUT2D eigenvalue weighted by Crippen LogP contribution is 2.25. The molecule has 0 aromatic carbocycles. The zero-order chi connectivity index (χ0) is 19.0. The first kappa shape index (κ1) is 18.1. The number of hydrogen-bond acceptors (Lipinski definition) is 6. The van der Waals surface area contributed by atoms with Crippen LogP contribution in [-0.2, 0) is 11.2 Å². The van der Waals surface area contributed by atoms with E-state index in [4.69, 9.17) is 4.42 Å². The predicted octanol–water partition coefficient (Wildman–Crippen LogP) is 2.89. The van der Waals surface area contributed by atoms with Gasteiger partial charge in [-0.3, -0.25) is 9.59 Å². The Morgan fingerprint density at radius 1 is 1.35 bits per heavy atom. The fourth-order valence-corrected chi connectivity index (χ4v) is 3.82. The van der Waals surface area contributed by atoms with E-state index in [1.165, 1.54) is 11.3 Å². The molecular formula is C18H20N4O3S. The molecule has 1 amide bonds. The lowest BCUT2D eigenvalue weighted by atomic mass is 10.2. The van der Waals surface area contributed by atoms with Crippen LogP contribution in [0.4, 0.5) is 0 Å². The Morgan fingerprint density at radius 2 is 2.08 bits per heavy atom. The van der Waals surface area contributed by atoms with Crippen LogP contribution in [0, 0.1) is 27.7 Å². The molecule has 26 heavy (non-hydrogen) atoms. The maximum Gasteiger partial charge on any atom is 0.259 e. The van der Waals surface area contributed by atoms with E-state index in [0.29, 0.717) is 21.8 Å². The number of amides is 1. The summed E-state index contributed by atoms with van der Waals surface area (Å²) in [5.74, 6) is 1.51. The van der Waals surface area contributed by atoms with Gasteiger partial charge in [-0.2, -0.15) is 5.10 Å². The average molecular weight is 372 g/mol. The summed E-state index contributed by atoms with van der Waals surface area (Å²) in [7, 11) is 0. The molecule has 3 aromatic rings. The summed E-state index contributed by atoms with van der Waals surface area (Å²) in [6, 6.07) is 1.87. The number of rotatable bonds is 4. The highest BCUT2D eigenvalue weighted by Gasteiger charge is 2.14. The quantitative estimate of drug-likeness (QED) is 0.543. The number of aromatic nitrogens is 2. The number of nitrogens with zero attached hydrogens (tertiary/aromatic N) is 2. The molecule has 0 atom stereocenters. The normalized spacial score (nSPS) is 12.0. The van der Waals surface area contributed by atoms with Gasteiger partial charge in [-0.05, 0) is 46.2 Å². The molecule has 7 nitrogen and oxygen atoms in total. The zero-order valence-corrected chi connectivity index (χ0v) is 16.1. The van der Waals surface area contributed by atoms with Crippen LogP contribution in [0.25, 0.3) is 10.2 Å². The number of carbonyl (C=O) groups is 1. The average Bonchev–Trinajstić information content (AvgIpc) is 3.04.